The summed E-state index contributed by atoms with van der Waals surface area (Å²) in [5.41, 5.74) is 9.65. The van der Waals surface area contributed by atoms with Gasteiger partial charge in [0.1, 0.15) is 5.75 Å². The molecule has 1 aliphatic heterocycles. The number of rotatable bonds is 4. The average molecular weight is 324 g/mol. The molecular weight excluding hydrogens is 300 g/mol. The summed E-state index contributed by atoms with van der Waals surface area (Å²) in [5.74, 6) is 1.08. The molecule has 0 saturated carbocycles. The van der Waals surface area contributed by atoms with Crippen LogP contribution in [0.4, 0.5) is 11.4 Å². The summed E-state index contributed by atoms with van der Waals surface area (Å²) in [4.78, 5) is 14.8. The predicted molar refractivity (Wildman–Crippen MR) is 97.3 cm³/mol. The van der Waals surface area contributed by atoms with Crippen LogP contribution in [0.5, 0.6) is 5.75 Å². The third kappa shape index (κ3) is 3.23. The second kappa shape index (κ2) is 6.56. The number of aryl methyl sites for hydroxylation is 1. The molecule has 0 spiro atoms. The van der Waals surface area contributed by atoms with E-state index in [9.17, 15) is 4.79 Å². The number of nitrogens with two attached hydrogens (primary N) is 1. The molecule has 1 aliphatic rings. The van der Waals surface area contributed by atoms with Crippen LogP contribution in [0.1, 0.15) is 25.0 Å². The molecule has 0 radical (unpaired) electrons. The fourth-order valence-electron chi connectivity index (χ4n) is 3.07. The molecule has 2 N–H and O–H groups in total. The first kappa shape index (κ1) is 16.4. The van der Waals surface area contributed by atoms with E-state index in [2.05, 4.69) is 26.8 Å². The summed E-state index contributed by atoms with van der Waals surface area (Å²) in [7, 11) is 0. The molecule has 1 heterocycles. The van der Waals surface area contributed by atoms with Gasteiger partial charge in [0.2, 0.25) is 0 Å². The number of nitrogens with zero attached hydrogens (tertiary/aromatic N) is 1. The second-order valence-corrected chi connectivity index (χ2v) is 6.81. The molecule has 3 rings (SSSR count). The number of fused-ring (bicyclic) bond motifs is 1. The zero-order chi connectivity index (χ0) is 17.3. The van der Waals surface area contributed by atoms with Crippen LogP contribution in [-0.4, -0.2) is 18.6 Å². The average Bonchev–Trinajstić information content (AvgIpc) is 2.53. The molecule has 2 aromatic carbocycles. The third-order valence-corrected chi connectivity index (χ3v) is 4.30. The maximum atomic E-state index is 13.0. The van der Waals surface area contributed by atoms with Crippen LogP contribution in [-0.2, 0) is 11.2 Å². The van der Waals surface area contributed by atoms with E-state index in [4.69, 9.17) is 10.5 Å². The van der Waals surface area contributed by atoms with E-state index in [0.29, 0.717) is 30.3 Å². The van der Waals surface area contributed by atoms with Crippen LogP contribution >= 0.6 is 0 Å². The van der Waals surface area contributed by atoms with Crippen molar-refractivity contribution in [1.29, 1.82) is 0 Å². The Labute approximate surface area is 143 Å². The Bertz CT molecular complexity index is 755. The van der Waals surface area contributed by atoms with Crippen LogP contribution < -0.4 is 15.4 Å². The van der Waals surface area contributed by atoms with Gasteiger partial charge in [-0.2, -0.15) is 0 Å². The lowest BCUT2D eigenvalue weighted by Crippen LogP contribution is -2.48. The molecule has 1 unspecified atom stereocenters. The first-order chi connectivity index (χ1) is 11.5. The minimum absolute atomic E-state index is 0.0178. The molecule has 1 atom stereocenters. The minimum atomic E-state index is -0.515. The standard InChI is InChI=1S/C20H24N2O2/c1-13(2)12-22-17-9-8-16(21)11-18(17)24-19(20(22)23)10-15-7-5-4-6-14(15)3/h4-9,11,13,19H,10,12,21H2,1-3H3. The van der Waals surface area contributed by atoms with Gasteiger partial charge in [0.05, 0.1) is 5.69 Å². The van der Waals surface area contributed by atoms with E-state index >= 15 is 0 Å². The number of nitrogen functional groups attached to an aromatic ring is 1. The van der Waals surface area contributed by atoms with Crippen molar-refractivity contribution in [3.05, 3.63) is 53.6 Å². The molecule has 0 bridgehead atoms. The largest absolute Gasteiger partial charge is 0.478 e. The summed E-state index contributed by atoms with van der Waals surface area (Å²) in [6.45, 7) is 6.94. The fraction of sp³-hybridized carbons (Fsp3) is 0.350. The number of ether oxygens (including phenoxy) is 1. The van der Waals surface area contributed by atoms with Crippen LogP contribution in [0.25, 0.3) is 0 Å². The zero-order valence-corrected chi connectivity index (χ0v) is 14.5. The summed E-state index contributed by atoms with van der Waals surface area (Å²) in [5, 5.41) is 0. The van der Waals surface area contributed by atoms with Crippen LogP contribution in [0.2, 0.25) is 0 Å². The summed E-state index contributed by atoms with van der Waals surface area (Å²) in [6.07, 6.45) is 0.0492. The van der Waals surface area contributed by atoms with Crippen molar-refractivity contribution < 1.29 is 9.53 Å². The van der Waals surface area contributed by atoms with Crippen molar-refractivity contribution in [2.45, 2.75) is 33.3 Å². The molecular formula is C20H24N2O2. The Morgan fingerprint density at radius 2 is 1.96 bits per heavy atom. The maximum Gasteiger partial charge on any atom is 0.268 e. The summed E-state index contributed by atoms with van der Waals surface area (Å²) in [6, 6.07) is 13.6. The van der Waals surface area contributed by atoms with Crippen LogP contribution in [0.15, 0.2) is 42.5 Å². The Hall–Kier alpha value is -2.49. The molecule has 126 valence electrons. The second-order valence-electron chi connectivity index (χ2n) is 6.81. The van der Waals surface area contributed by atoms with E-state index in [1.807, 2.05) is 35.2 Å². The number of hydrogen-bond acceptors (Lipinski definition) is 3. The highest BCUT2D eigenvalue weighted by Gasteiger charge is 2.35. The van der Waals surface area contributed by atoms with Gasteiger partial charge in [-0.1, -0.05) is 38.1 Å². The van der Waals surface area contributed by atoms with Gasteiger partial charge in [-0.05, 0) is 36.1 Å². The van der Waals surface area contributed by atoms with E-state index < -0.39 is 6.10 Å². The Kier molecular flexibility index (Phi) is 4.47. The van der Waals surface area contributed by atoms with Crippen molar-refractivity contribution in [3.8, 4) is 5.75 Å². The van der Waals surface area contributed by atoms with E-state index in [-0.39, 0.29) is 5.91 Å². The van der Waals surface area contributed by atoms with Gasteiger partial charge in [0, 0.05) is 24.7 Å². The quantitative estimate of drug-likeness (QED) is 0.875. The first-order valence-corrected chi connectivity index (χ1v) is 8.37. The van der Waals surface area contributed by atoms with Gasteiger partial charge in [0.15, 0.2) is 6.10 Å². The van der Waals surface area contributed by atoms with E-state index in [1.165, 1.54) is 5.56 Å². The molecule has 4 heteroatoms. The number of benzene rings is 2. The van der Waals surface area contributed by atoms with Gasteiger partial charge >= 0.3 is 0 Å². The van der Waals surface area contributed by atoms with Crippen molar-refractivity contribution in [1.82, 2.24) is 0 Å². The van der Waals surface area contributed by atoms with Gasteiger partial charge in [0.25, 0.3) is 5.91 Å². The monoisotopic (exact) mass is 324 g/mol. The Morgan fingerprint density at radius 3 is 2.67 bits per heavy atom. The SMILES string of the molecule is Cc1ccccc1CC1Oc2cc(N)ccc2N(CC(C)C)C1=O. The number of hydrogen-bond donors (Lipinski definition) is 1. The molecule has 0 fully saturated rings. The number of amides is 1. The molecule has 0 saturated heterocycles. The lowest BCUT2D eigenvalue weighted by molar-refractivity contribution is -0.126. The molecule has 1 amide bonds. The predicted octanol–water partition coefficient (Wildman–Crippen LogP) is 3.57. The van der Waals surface area contributed by atoms with Crippen LogP contribution in [0.3, 0.4) is 0 Å². The van der Waals surface area contributed by atoms with Gasteiger partial charge in [-0.15, -0.1) is 0 Å². The molecule has 4 nitrogen and oxygen atoms in total. The molecule has 2 aromatic rings. The van der Waals surface area contributed by atoms with Crippen molar-refractivity contribution in [2.24, 2.45) is 5.92 Å². The lowest BCUT2D eigenvalue weighted by Gasteiger charge is -2.35. The Morgan fingerprint density at radius 1 is 1.21 bits per heavy atom. The number of carbonyl (C=O) groups is 1. The van der Waals surface area contributed by atoms with Gasteiger partial charge < -0.3 is 15.4 Å². The summed E-state index contributed by atoms with van der Waals surface area (Å²) < 4.78 is 6.02. The normalized spacial score (nSPS) is 16.9. The highest BCUT2D eigenvalue weighted by Crippen LogP contribution is 2.36. The van der Waals surface area contributed by atoms with Crippen molar-refractivity contribution >= 4 is 17.3 Å². The molecule has 24 heavy (non-hydrogen) atoms. The highest BCUT2D eigenvalue weighted by atomic mass is 16.5. The van der Waals surface area contributed by atoms with E-state index in [0.717, 1.165) is 11.3 Å². The highest BCUT2D eigenvalue weighted by molar-refractivity contribution is 6.00. The molecule has 0 aliphatic carbocycles. The first-order valence-electron chi connectivity index (χ1n) is 8.37. The fourth-order valence-corrected chi connectivity index (χ4v) is 3.07. The molecule has 0 aromatic heterocycles. The summed E-state index contributed by atoms with van der Waals surface area (Å²) >= 11 is 0. The Balaban J connectivity index is 1.94. The third-order valence-electron chi connectivity index (χ3n) is 4.30. The van der Waals surface area contributed by atoms with Crippen LogP contribution in [0, 0.1) is 12.8 Å². The van der Waals surface area contributed by atoms with E-state index in [1.54, 1.807) is 6.07 Å². The maximum absolute atomic E-state index is 13.0. The minimum Gasteiger partial charge on any atom is -0.478 e. The lowest BCUT2D eigenvalue weighted by atomic mass is 10.00. The van der Waals surface area contributed by atoms with Crippen molar-refractivity contribution in [3.63, 3.8) is 0 Å². The smallest absolute Gasteiger partial charge is 0.268 e. The number of carbonyl (C=O) groups excluding carboxylic acids is 1. The van der Waals surface area contributed by atoms with Gasteiger partial charge in [-0.3, -0.25) is 4.79 Å². The number of anilines is 2. The van der Waals surface area contributed by atoms with Crippen molar-refractivity contribution in [2.75, 3.05) is 17.2 Å². The zero-order valence-electron chi connectivity index (χ0n) is 14.5. The topological polar surface area (TPSA) is 55.6 Å². The van der Waals surface area contributed by atoms with Gasteiger partial charge in [-0.25, -0.2) is 0 Å².